The number of carbonyl (C=O) groups excluding carboxylic acids is 1. The first kappa shape index (κ1) is 19.3. The average molecular weight is 373 g/mol. The molecule has 1 heterocycles. The van der Waals surface area contributed by atoms with Crippen molar-refractivity contribution in [3.05, 3.63) is 48.0 Å². The van der Waals surface area contributed by atoms with Crippen molar-refractivity contribution in [3.8, 4) is 11.5 Å². The molecule has 0 aliphatic carbocycles. The zero-order valence-electron chi connectivity index (χ0n) is 11.9. The maximum absolute atomic E-state index is 11.7. The predicted molar refractivity (Wildman–Crippen MR) is 87.7 cm³/mol. The minimum atomic E-state index is -4.26. The Hall–Kier alpha value is -1.07. The Labute approximate surface area is 180 Å². The fraction of sp³-hybridized carbons (Fsp3) is 0.0667. The molecular formula is C15H12KNO6S. The van der Waals surface area contributed by atoms with Crippen molar-refractivity contribution >= 4 is 78.6 Å². The fourth-order valence-electron chi connectivity index (χ4n) is 2.12. The van der Waals surface area contributed by atoms with Crippen LogP contribution in [0.4, 0.5) is 0 Å². The number of hydrogen-bond donors (Lipinski definition) is 1. The van der Waals surface area contributed by atoms with E-state index in [9.17, 15) is 13.2 Å². The van der Waals surface area contributed by atoms with Crippen molar-refractivity contribution in [1.82, 2.24) is 4.98 Å². The number of carbonyl (C=O) groups is 1. The summed E-state index contributed by atoms with van der Waals surface area (Å²) in [4.78, 5) is 15.8. The van der Waals surface area contributed by atoms with Crippen LogP contribution in [0.5, 0.6) is 0 Å². The Morgan fingerprint density at radius 2 is 1.83 bits per heavy atom. The van der Waals surface area contributed by atoms with Gasteiger partial charge in [0.25, 0.3) is 10.1 Å². The summed E-state index contributed by atoms with van der Waals surface area (Å²) in [5.74, 6) is -0.310. The molecule has 0 aliphatic heterocycles. The normalized spacial score (nSPS) is 11.1. The summed E-state index contributed by atoms with van der Waals surface area (Å²) in [6.07, 6.45) is 0. The topological polar surface area (TPSA) is 107 Å². The van der Waals surface area contributed by atoms with Crippen LogP contribution >= 0.6 is 0 Å². The zero-order chi connectivity index (χ0) is 16.6. The van der Waals surface area contributed by atoms with Gasteiger partial charge < -0.3 is 9.15 Å². The number of esters is 1. The molecular weight excluding hydrogens is 361 g/mol. The Balaban J connectivity index is 0.00000208. The van der Waals surface area contributed by atoms with Crippen LogP contribution in [0.25, 0.3) is 22.6 Å². The van der Waals surface area contributed by atoms with Gasteiger partial charge in [-0.1, -0.05) is 6.07 Å². The fourth-order valence-corrected chi connectivity index (χ4v) is 2.60. The maximum atomic E-state index is 11.7. The third-order valence-corrected chi connectivity index (χ3v) is 4.09. The predicted octanol–water partition coefficient (Wildman–Crippen LogP) is 1.88. The van der Waals surface area contributed by atoms with Crippen molar-refractivity contribution < 1.29 is 26.9 Å². The first-order chi connectivity index (χ1) is 10.9. The van der Waals surface area contributed by atoms with E-state index >= 15 is 0 Å². The standard InChI is InChI=1S/C15H11NO6S.K.H/c1-21-15(17)11-3-2-4-12-13(11)16-14(22-12)9-5-7-10(8-6-9)23(18,19)20;;/h2-8H,1H3,(H,18,19,20);;. The SMILES string of the molecule is COC(=O)c1cccc2oc(-c3ccc(S(=O)(=O)O)cc3)nc12.[KH]. The van der Waals surface area contributed by atoms with E-state index in [-0.39, 0.29) is 67.7 Å². The van der Waals surface area contributed by atoms with Gasteiger partial charge in [0.15, 0.2) is 5.58 Å². The molecule has 0 fully saturated rings. The summed E-state index contributed by atoms with van der Waals surface area (Å²) in [6.45, 7) is 0. The Bertz CT molecular complexity index is 994. The molecule has 0 aliphatic rings. The van der Waals surface area contributed by atoms with E-state index in [2.05, 4.69) is 4.98 Å². The molecule has 0 atom stereocenters. The van der Waals surface area contributed by atoms with Crippen LogP contribution in [-0.4, -0.2) is 82.4 Å². The van der Waals surface area contributed by atoms with Gasteiger partial charge >= 0.3 is 57.4 Å². The van der Waals surface area contributed by atoms with E-state index in [0.29, 0.717) is 16.7 Å². The molecule has 3 aromatic rings. The van der Waals surface area contributed by atoms with E-state index in [1.165, 1.54) is 31.4 Å². The number of ether oxygens (including phenoxy) is 1. The number of fused-ring (bicyclic) bond motifs is 1. The van der Waals surface area contributed by atoms with E-state index in [1.54, 1.807) is 18.2 Å². The van der Waals surface area contributed by atoms with Gasteiger partial charge in [0, 0.05) is 5.56 Å². The van der Waals surface area contributed by atoms with Crippen molar-refractivity contribution in [3.63, 3.8) is 0 Å². The molecule has 24 heavy (non-hydrogen) atoms. The van der Waals surface area contributed by atoms with Crippen LogP contribution in [0.2, 0.25) is 0 Å². The number of para-hydroxylation sites is 1. The Kier molecular flexibility index (Phi) is 5.97. The van der Waals surface area contributed by atoms with Gasteiger partial charge in [-0.2, -0.15) is 8.42 Å². The summed E-state index contributed by atoms with van der Waals surface area (Å²) < 4.78 is 41.3. The number of oxazole rings is 1. The second-order valence-electron chi connectivity index (χ2n) is 4.66. The van der Waals surface area contributed by atoms with Gasteiger partial charge in [-0.05, 0) is 36.4 Å². The molecule has 7 nitrogen and oxygen atoms in total. The molecule has 120 valence electrons. The van der Waals surface area contributed by atoms with E-state index in [1.807, 2.05) is 0 Å². The van der Waals surface area contributed by atoms with E-state index < -0.39 is 16.1 Å². The third kappa shape index (κ3) is 3.77. The number of rotatable bonds is 3. The molecule has 2 aromatic carbocycles. The van der Waals surface area contributed by atoms with Crippen molar-refractivity contribution in [1.29, 1.82) is 0 Å². The minimum absolute atomic E-state index is 0. The van der Waals surface area contributed by atoms with E-state index in [0.717, 1.165) is 0 Å². The van der Waals surface area contributed by atoms with Crippen molar-refractivity contribution in [2.24, 2.45) is 0 Å². The van der Waals surface area contributed by atoms with Gasteiger partial charge in [0.1, 0.15) is 5.52 Å². The summed E-state index contributed by atoms with van der Waals surface area (Å²) in [6, 6.07) is 10.2. The molecule has 1 aromatic heterocycles. The average Bonchev–Trinajstić information content (AvgIpc) is 2.97. The molecule has 0 unspecified atom stereocenters. The van der Waals surface area contributed by atoms with Gasteiger partial charge in [-0.15, -0.1) is 0 Å². The number of aromatic nitrogens is 1. The second-order valence-corrected chi connectivity index (χ2v) is 6.08. The molecule has 0 radical (unpaired) electrons. The van der Waals surface area contributed by atoms with Crippen molar-refractivity contribution in [2.75, 3.05) is 7.11 Å². The van der Waals surface area contributed by atoms with Gasteiger partial charge in [-0.3, -0.25) is 4.55 Å². The first-order valence-corrected chi connectivity index (χ1v) is 7.90. The molecule has 0 spiro atoms. The summed E-state index contributed by atoms with van der Waals surface area (Å²) in [5, 5.41) is 0. The Morgan fingerprint density at radius 1 is 1.17 bits per heavy atom. The first-order valence-electron chi connectivity index (χ1n) is 6.46. The number of benzene rings is 2. The summed E-state index contributed by atoms with van der Waals surface area (Å²) in [7, 11) is -2.99. The molecule has 0 bridgehead atoms. The van der Waals surface area contributed by atoms with Gasteiger partial charge in [0.05, 0.1) is 17.6 Å². The summed E-state index contributed by atoms with van der Waals surface area (Å²) >= 11 is 0. The Morgan fingerprint density at radius 3 is 2.42 bits per heavy atom. The quantitative estimate of drug-likeness (QED) is 0.424. The van der Waals surface area contributed by atoms with Gasteiger partial charge in [0.2, 0.25) is 5.89 Å². The molecule has 1 N–H and O–H groups in total. The molecule has 0 amide bonds. The monoisotopic (exact) mass is 373 g/mol. The van der Waals surface area contributed by atoms with Crippen molar-refractivity contribution in [2.45, 2.75) is 4.90 Å². The number of hydrogen-bond acceptors (Lipinski definition) is 6. The van der Waals surface area contributed by atoms with Crippen LogP contribution in [0.3, 0.4) is 0 Å². The second kappa shape index (κ2) is 7.44. The molecule has 0 saturated carbocycles. The van der Waals surface area contributed by atoms with Crippen LogP contribution in [0, 0.1) is 0 Å². The van der Waals surface area contributed by atoms with Crippen LogP contribution < -0.4 is 0 Å². The van der Waals surface area contributed by atoms with Gasteiger partial charge in [-0.25, -0.2) is 9.78 Å². The zero-order valence-corrected chi connectivity index (χ0v) is 12.7. The van der Waals surface area contributed by atoms with E-state index in [4.69, 9.17) is 13.7 Å². The number of methoxy groups -OCH3 is 1. The van der Waals surface area contributed by atoms with Crippen LogP contribution in [0.15, 0.2) is 51.8 Å². The van der Waals surface area contributed by atoms with Crippen LogP contribution in [-0.2, 0) is 14.9 Å². The van der Waals surface area contributed by atoms with Crippen LogP contribution in [0.1, 0.15) is 10.4 Å². The number of nitrogens with zero attached hydrogens (tertiary/aromatic N) is 1. The third-order valence-electron chi connectivity index (χ3n) is 3.22. The summed E-state index contributed by atoms with van der Waals surface area (Å²) in [5.41, 5.74) is 1.54. The molecule has 0 saturated heterocycles. The molecule has 3 rings (SSSR count). The molecule has 9 heteroatoms.